The second-order valence-corrected chi connectivity index (χ2v) is 5.93. The summed E-state index contributed by atoms with van der Waals surface area (Å²) in [6, 6.07) is 3.95. The Morgan fingerprint density at radius 2 is 2.16 bits per heavy atom. The van der Waals surface area contributed by atoms with Gasteiger partial charge in [0.1, 0.15) is 0 Å². The number of anilines is 1. The molecule has 1 unspecified atom stereocenters. The summed E-state index contributed by atoms with van der Waals surface area (Å²) in [5.74, 6) is 0.645. The van der Waals surface area contributed by atoms with Crippen molar-refractivity contribution in [1.82, 2.24) is 4.98 Å². The van der Waals surface area contributed by atoms with Gasteiger partial charge in [0, 0.05) is 11.6 Å². The largest absolute Gasteiger partial charge is 0.469 e. The molecule has 4 heteroatoms. The van der Waals surface area contributed by atoms with Crippen LogP contribution in [0.1, 0.15) is 43.7 Å². The summed E-state index contributed by atoms with van der Waals surface area (Å²) >= 11 is 0. The molecule has 0 aliphatic heterocycles. The van der Waals surface area contributed by atoms with Gasteiger partial charge in [0.05, 0.1) is 24.9 Å². The summed E-state index contributed by atoms with van der Waals surface area (Å²) in [4.78, 5) is 16.0. The van der Waals surface area contributed by atoms with Crippen LogP contribution in [0.4, 0.5) is 5.69 Å². The number of carbonyl (C=O) groups excluding carboxylic acids is 1. The van der Waals surface area contributed by atoms with Crippen LogP contribution < -0.4 is 5.73 Å². The van der Waals surface area contributed by atoms with Gasteiger partial charge in [-0.15, -0.1) is 0 Å². The van der Waals surface area contributed by atoms with E-state index in [1.54, 1.807) is 6.20 Å². The third-order valence-electron chi connectivity index (χ3n) is 4.88. The summed E-state index contributed by atoms with van der Waals surface area (Å²) in [6.07, 6.45) is 7.21. The third kappa shape index (κ3) is 2.20. The van der Waals surface area contributed by atoms with Gasteiger partial charge in [0.25, 0.3) is 0 Å². The minimum Gasteiger partial charge on any atom is -0.469 e. The van der Waals surface area contributed by atoms with E-state index in [-0.39, 0.29) is 17.3 Å². The van der Waals surface area contributed by atoms with Gasteiger partial charge in [-0.3, -0.25) is 9.78 Å². The smallest absolute Gasteiger partial charge is 0.309 e. The van der Waals surface area contributed by atoms with Gasteiger partial charge in [0.2, 0.25) is 0 Å². The third-order valence-corrected chi connectivity index (χ3v) is 4.88. The van der Waals surface area contributed by atoms with Crippen LogP contribution in [0, 0.1) is 11.3 Å². The minimum absolute atomic E-state index is 0.0240. The van der Waals surface area contributed by atoms with Crippen LogP contribution in [-0.2, 0) is 9.53 Å². The lowest BCUT2D eigenvalue weighted by Gasteiger charge is -2.28. The van der Waals surface area contributed by atoms with Crippen molar-refractivity contribution in [2.45, 2.75) is 38.0 Å². The van der Waals surface area contributed by atoms with Crippen LogP contribution in [0.5, 0.6) is 0 Å². The molecule has 19 heavy (non-hydrogen) atoms. The number of nitrogen functional groups attached to an aromatic ring is 1. The fourth-order valence-corrected chi connectivity index (χ4v) is 3.52. The van der Waals surface area contributed by atoms with E-state index in [0.717, 1.165) is 37.8 Å². The van der Waals surface area contributed by atoms with E-state index in [0.29, 0.717) is 11.6 Å². The topological polar surface area (TPSA) is 65.2 Å². The number of hydrogen-bond donors (Lipinski definition) is 1. The molecule has 0 saturated heterocycles. The fraction of sp³-hybridized carbons (Fsp3) is 0.600. The molecular formula is C15H20N2O2. The molecule has 1 spiro atoms. The highest BCUT2D eigenvalue weighted by Crippen LogP contribution is 2.63. The van der Waals surface area contributed by atoms with E-state index in [1.165, 1.54) is 7.11 Å². The van der Waals surface area contributed by atoms with Gasteiger partial charge >= 0.3 is 5.97 Å². The molecule has 1 aromatic heterocycles. The van der Waals surface area contributed by atoms with E-state index in [9.17, 15) is 4.79 Å². The highest BCUT2D eigenvalue weighted by atomic mass is 16.5. The molecule has 0 amide bonds. The summed E-state index contributed by atoms with van der Waals surface area (Å²) in [5.41, 5.74) is 7.76. The summed E-state index contributed by atoms with van der Waals surface area (Å²) in [7, 11) is 1.48. The second kappa shape index (κ2) is 4.51. The normalized spacial score (nSPS) is 33.1. The standard InChI is InChI=1S/C15H20N2O2/c1-19-14(18)12-8-15(12)6-4-10(5-7-15)13-3-2-11(16)9-17-13/h2-3,9-10,12H,4-8,16H2,1H3. The molecule has 2 fully saturated rings. The van der Waals surface area contributed by atoms with Gasteiger partial charge in [-0.2, -0.15) is 0 Å². The van der Waals surface area contributed by atoms with Crippen LogP contribution in [0.2, 0.25) is 0 Å². The Morgan fingerprint density at radius 1 is 1.42 bits per heavy atom. The predicted octanol–water partition coefficient (Wildman–Crippen LogP) is 2.50. The average molecular weight is 260 g/mol. The number of hydrogen-bond acceptors (Lipinski definition) is 4. The molecule has 0 aromatic carbocycles. The summed E-state index contributed by atoms with van der Waals surface area (Å²) in [6.45, 7) is 0. The van der Waals surface area contributed by atoms with Gasteiger partial charge < -0.3 is 10.5 Å². The first-order valence-electron chi connectivity index (χ1n) is 6.94. The zero-order chi connectivity index (χ0) is 13.5. The SMILES string of the molecule is COC(=O)C1CC12CCC(c1ccc(N)cn1)CC2. The molecule has 1 aromatic rings. The number of nitrogens with two attached hydrogens (primary N) is 1. The van der Waals surface area contributed by atoms with Crippen LogP contribution in [0.3, 0.4) is 0 Å². The van der Waals surface area contributed by atoms with Crippen LogP contribution in [-0.4, -0.2) is 18.1 Å². The maximum atomic E-state index is 11.6. The number of methoxy groups -OCH3 is 1. The van der Waals surface area contributed by atoms with Gasteiger partial charge in [0.15, 0.2) is 0 Å². The lowest BCUT2D eigenvalue weighted by Crippen LogP contribution is -2.19. The van der Waals surface area contributed by atoms with Crippen LogP contribution in [0.15, 0.2) is 18.3 Å². The molecule has 2 saturated carbocycles. The van der Waals surface area contributed by atoms with Crippen molar-refractivity contribution in [2.75, 3.05) is 12.8 Å². The van der Waals surface area contributed by atoms with E-state index in [1.807, 2.05) is 12.1 Å². The Hall–Kier alpha value is -1.58. The predicted molar refractivity (Wildman–Crippen MR) is 72.4 cm³/mol. The Labute approximate surface area is 113 Å². The Bertz CT molecular complexity index is 475. The van der Waals surface area contributed by atoms with Gasteiger partial charge in [-0.1, -0.05) is 0 Å². The lowest BCUT2D eigenvalue weighted by molar-refractivity contribution is -0.143. The number of aromatic nitrogens is 1. The first-order chi connectivity index (χ1) is 9.14. The molecule has 102 valence electrons. The van der Waals surface area contributed by atoms with Crippen molar-refractivity contribution in [1.29, 1.82) is 0 Å². The van der Waals surface area contributed by atoms with Gasteiger partial charge in [-0.25, -0.2) is 0 Å². The molecule has 0 radical (unpaired) electrons. The molecule has 2 N–H and O–H groups in total. The van der Waals surface area contributed by atoms with Crippen LogP contribution in [0.25, 0.3) is 0 Å². The van der Waals surface area contributed by atoms with Crippen molar-refractivity contribution >= 4 is 11.7 Å². The zero-order valence-corrected chi connectivity index (χ0v) is 11.3. The van der Waals surface area contributed by atoms with E-state index in [4.69, 9.17) is 10.5 Å². The quantitative estimate of drug-likeness (QED) is 0.830. The Morgan fingerprint density at radius 3 is 2.74 bits per heavy atom. The molecule has 1 atom stereocenters. The van der Waals surface area contributed by atoms with Gasteiger partial charge in [-0.05, 0) is 49.7 Å². The molecular weight excluding hydrogens is 240 g/mol. The highest BCUT2D eigenvalue weighted by Gasteiger charge is 2.59. The minimum atomic E-state index is -0.0240. The molecule has 4 nitrogen and oxygen atoms in total. The van der Waals surface area contributed by atoms with Crippen LogP contribution >= 0.6 is 0 Å². The number of esters is 1. The van der Waals surface area contributed by atoms with E-state index < -0.39 is 0 Å². The average Bonchev–Trinajstić information content (AvgIpc) is 3.14. The monoisotopic (exact) mass is 260 g/mol. The summed E-state index contributed by atoms with van der Waals surface area (Å²) in [5, 5.41) is 0. The molecule has 2 aliphatic rings. The van der Waals surface area contributed by atoms with E-state index in [2.05, 4.69) is 4.98 Å². The summed E-state index contributed by atoms with van der Waals surface area (Å²) < 4.78 is 4.86. The number of nitrogens with zero attached hydrogens (tertiary/aromatic N) is 1. The van der Waals surface area contributed by atoms with E-state index >= 15 is 0 Å². The first kappa shape index (κ1) is 12.5. The molecule has 2 aliphatic carbocycles. The number of pyridine rings is 1. The van der Waals surface area contributed by atoms with Crippen molar-refractivity contribution in [3.8, 4) is 0 Å². The van der Waals surface area contributed by atoms with Crippen molar-refractivity contribution < 1.29 is 9.53 Å². The Kier molecular flexibility index (Phi) is 2.96. The maximum absolute atomic E-state index is 11.6. The van der Waals surface area contributed by atoms with Crippen molar-refractivity contribution in [3.63, 3.8) is 0 Å². The number of rotatable bonds is 2. The van der Waals surface area contributed by atoms with Crippen molar-refractivity contribution in [2.24, 2.45) is 11.3 Å². The number of ether oxygens (including phenoxy) is 1. The molecule has 1 heterocycles. The number of carbonyl (C=O) groups is 1. The van der Waals surface area contributed by atoms with Crippen molar-refractivity contribution in [3.05, 3.63) is 24.0 Å². The lowest BCUT2D eigenvalue weighted by atomic mass is 9.77. The zero-order valence-electron chi connectivity index (χ0n) is 11.3. The highest BCUT2D eigenvalue weighted by molar-refractivity contribution is 5.76. The molecule has 0 bridgehead atoms. The Balaban J connectivity index is 1.62. The maximum Gasteiger partial charge on any atom is 0.309 e. The second-order valence-electron chi connectivity index (χ2n) is 5.93. The fourth-order valence-electron chi connectivity index (χ4n) is 3.52. The first-order valence-corrected chi connectivity index (χ1v) is 6.94. The molecule has 3 rings (SSSR count).